The average molecular weight is 325 g/mol. The topological polar surface area (TPSA) is 61.7 Å². The van der Waals surface area contributed by atoms with E-state index in [2.05, 4.69) is 16.0 Å². The van der Waals surface area contributed by atoms with Crippen molar-refractivity contribution in [1.29, 1.82) is 5.26 Å². The third-order valence-electron chi connectivity index (χ3n) is 4.03. The molecule has 120 valence electrons. The number of hydrogen-bond acceptors (Lipinski definition) is 3. The SMILES string of the molecule is N#Cc1ccccc1COc1cccc(-c2nc3ccccc3[nH]2)c1. The van der Waals surface area contributed by atoms with Gasteiger partial charge in [0.2, 0.25) is 0 Å². The number of nitrogens with one attached hydrogen (secondary N) is 1. The molecule has 4 aromatic rings. The number of aromatic nitrogens is 2. The number of nitriles is 1. The van der Waals surface area contributed by atoms with Crippen LogP contribution in [0.5, 0.6) is 5.75 Å². The highest BCUT2D eigenvalue weighted by molar-refractivity contribution is 5.79. The Morgan fingerprint density at radius 2 is 1.80 bits per heavy atom. The third kappa shape index (κ3) is 3.08. The van der Waals surface area contributed by atoms with Crippen molar-refractivity contribution in [2.75, 3.05) is 0 Å². The highest BCUT2D eigenvalue weighted by Gasteiger charge is 2.07. The van der Waals surface area contributed by atoms with Crippen molar-refractivity contribution in [2.45, 2.75) is 6.61 Å². The van der Waals surface area contributed by atoms with Gasteiger partial charge < -0.3 is 9.72 Å². The zero-order chi connectivity index (χ0) is 17.1. The molecular weight excluding hydrogens is 310 g/mol. The Morgan fingerprint density at radius 3 is 2.68 bits per heavy atom. The van der Waals surface area contributed by atoms with Crippen LogP contribution in [0.1, 0.15) is 11.1 Å². The van der Waals surface area contributed by atoms with Crippen LogP contribution >= 0.6 is 0 Å². The molecule has 0 bridgehead atoms. The van der Waals surface area contributed by atoms with Gasteiger partial charge in [-0.15, -0.1) is 0 Å². The van der Waals surface area contributed by atoms with Crippen LogP contribution < -0.4 is 4.74 Å². The zero-order valence-corrected chi connectivity index (χ0v) is 13.4. The van der Waals surface area contributed by atoms with E-state index in [-0.39, 0.29) is 0 Å². The molecule has 25 heavy (non-hydrogen) atoms. The lowest BCUT2D eigenvalue weighted by atomic mass is 10.1. The van der Waals surface area contributed by atoms with E-state index >= 15 is 0 Å². The van der Waals surface area contributed by atoms with Crippen molar-refractivity contribution in [2.24, 2.45) is 0 Å². The van der Waals surface area contributed by atoms with Gasteiger partial charge in [-0.3, -0.25) is 0 Å². The molecule has 0 amide bonds. The number of H-pyrrole nitrogens is 1. The van der Waals surface area contributed by atoms with Crippen molar-refractivity contribution in [3.05, 3.63) is 83.9 Å². The maximum absolute atomic E-state index is 9.16. The number of ether oxygens (including phenoxy) is 1. The van der Waals surface area contributed by atoms with Gasteiger partial charge in [-0.1, -0.05) is 42.5 Å². The molecule has 4 nitrogen and oxygen atoms in total. The van der Waals surface area contributed by atoms with Crippen molar-refractivity contribution >= 4 is 11.0 Å². The third-order valence-corrected chi connectivity index (χ3v) is 4.03. The minimum absolute atomic E-state index is 0.354. The van der Waals surface area contributed by atoms with E-state index in [0.717, 1.165) is 33.7 Å². The Hall–Kier alpha value is -3.58. The number of nitrogens with zero attached hydrogens (tertiary/aromatic N) is 2. The average Bonchev–Trinajstić information content (AvgIpc) is 3.11. The summed E-state index contributed by atoms with van der Waals surface area (Å²) >= 11 is 0. The number of fused-ring (bicyclic) bond motifs is 1. The van der Waals surface area contributed by atoms with Crippen molar-refractivity contribution in [1.82, 2.24) is 9.97 Å². The first-order chi connectivity index (χ1) is 12.3. The molecule has 0 saturated carbocycles. The summed E-state index contributed by atoms with van der Waals surface area (Å²) in [6.07, 6.45) is 0. The van der Waals surface area contributed by atoms with Crippen LogP contribution in [-0.2, 0) is 6.61 Å². The van der Waals surface area contributed by atoms with Gasteiger partial charge in [0.15, 0.2) is 0 Å². The summed E-state index contributed by atoms with van der Waals surface area (Å²) in [5.41, 5.74) is 4.41. The first-order valence-electron chi connectivity index (χ1n) is 7.99. The first kappa shape index (κ1) is 15.0. The Bertz CT molecular complexity index is 1040. The molecule has 0 radical (unpaired) electrons. The number of imidazole rings is 1. The van der Waals surface area contributed by atoms with Gasteiger partial charge >= 0.3 is 0 Å². The van der Waals surface area contributed by atoms with Crippen LogP contribution in [0.2, 0.25) is 0 Å². The molecule has 0 spiro atoms. The minimum Gasteiger partial charge on any atom is -0.489 e. The van der Waals surface area contributed by atoms with E-state index in [0.29, 0.717) is 12.2 Å². The molecule has 1 aromatic heterocycles. The number of hydrogen-bond donors (Lipinski definition) is 1. The molecular formula is C21H15N3O. The highest BCUT2D eigenvalue weighted by atomic mass is 16.5. The molecule has 0 aliphatic carbocycles. The fraction of sp³-hybridized carbons (Fsp3) is 0.0476. The van der Waals surface area contributed by atoms with E-state index in [4.69, 9.17) is 10.00 Å². The lowest BCUT2D eigenvalue weighted by Crippen LogP contribution is -1.98. The molecule has 1 heterocycles. The standard InChI is InChI=1S/C21H15N3O/c22-13-16-6-1-2-7-17(16)14-25-18-9-5-8-15(12-18)21-23-19-10-3-4-11-20(19)24-21/h1-12H,14H2,(H,23,24). The fourth-order valence-electron chi connectivity index (χ4n) is 2.74. The summed E-state index contributed by atoms with van der Waals surface area (Å²) in [6.45, 7) is 0.354. The summed E-state index contributed by atoms with van der Waals surface area (Å²) in [7, 11) is 0. The van der Waals surface area contributed by atoms with E-state index < -0.39 is 0 Å². The minimum atomic E-state index is 0.354. The van der Waals surface area contributed by atoms with Gasteiger partial charge in [-0.05, 0) is 30.3 Å². The zero-order valence-electron chi connectivity index (χ0n) is 13.4. The first-order valence-corrected chi connectivity index (χ1v) is 7.99. The molecule has 0 aliphatic rings. The second-order valence-corrected chi connectivity index (χ2v) is 5.69. The second kappa shape index (κ2) is 6.50. The van der Waals surface area contributed by atoms with Crippen LogP contribution in [0.25, 0.3) is 22.4 Å². The van der Waals surface area contributed by atoms with Crippen LogP contribution in [0, 0.1) is 11.3 Å². The predicted octanol–water partition coefficient (Wildman–Crippen LogP) is 4.68. The Balaban J connectivity index is 1.58. The molecule has 3 aromatic carbocycles. The van der Waals surface area contributed by atoms with Gasteiger partial charge in [-0.2, -0.15) is 5.26 Å². The summed E-state index contributed by atoms with van der Waals surface area (Å²) < 4.78 is 5.88. The Morgan fingerprint density at radius 1 is 0.960 bits per heavy atom. The van der Waals surface area contributed by atoms with Crippen molar-refractivity contribution in [3.63, 3.8) is 0 Å². The van der Waals surface area contributed by atoms with E-state index in [1.54, 1.807) is 6.07 Å². The molecule has 0 saturated heterocycles. The quantitative estimate of drug-likeness (QED) is 0.592. The molecule has 4 heteroatoms. The number of aromatic amines is 1. The maximum Gasteiger partial charge on any atom is 0.138 e. The molecule has 4 rings (SSSR count). The fourth-order valence-corrected chi connectivity index (χ4v) is 2.74. The van der Waals surface area contributed by atoms with E-state index in [9.17, 15) is 0 Å². The monoisotopic (exact) mass is 325 g/mol. The molecule has 0 unspecified atom stereocenters. The molecule has 0 fully saturated rings. The number of benzene rings is 3. The summed E-state index contributed by atoms with van der Waals surface area (Å²) in [5.74, 6) is 1.55. The summed E-state index contributed by atoms with van der Waals surface area (Å²) in [4.78, 5) is 7.94. The van der Waals surface area contributed by atoms with Crippen LogP contribution in [0.15, 0.2) is 72.8 Å². The normalized spacial score (nSPS) is 10.5. The predicted molar refractivity (Wildman–Crippen MR) is 97.0 cm³/mol. The van der Waals surface area contributed by atoms with Gasteiger partial charge in [0, 0.05) is 11.1 Å². The van der Waals surface area contributed by atoms with E-state index in [1.165, 1.54) is 0 Å². The summed E-state index contributed by atoms with van der Waals surface area (Å²) in [6, 6.07) is 25.4. The van der Waals surface area contributed by atoms with Gasteiger partial charge in [0.1, 0.15) is 18.2 Å². The molecule has 0 atom stereocenters. The van der Waals surface area contributed by atoms with Crippen LogP contribution in [-0.4, -0.2) is 9.97 Å². The van der Waals surface area contributed by atoms with Gasteiger partial charge in [0.25, 0.3) is 0 Å². The summed E-state index contributed by atoms with van der Waals surface area (Å²) in [5, 5.41) is 9.16. The van der Waals surface area contributed by atoms with Gasteiger partial charge in [0.05, 0.1) is 22.7 Å². The highest BCUT2D eigenvalue weighted by Crippen LogP contribution is 2.24. The Kier molecular flexibility index (Phi) is 3.89. The molecule has 0 aliphatic heterocycles. The number of rotatable bonds is 4. The lowest BCUT2D eigenvalue weighted by molar-refractivity contribution is 0.306. The maximum atomic E-state index is 9.16. The lowest BCUT2D eigenvalue weighted by Gasteiger charge is -2.08. The Labute approximate surface area is 145 Å². The van der Waals surface area contributed by atoms with E-state index in [1.807, 2.05) is 66.7 Å². The van der Waals surface area contributed by atoms with Crippen molar-refractivity contribution in [3.8, 4) is 23.2 Å². The van der Waals surface area contributed by atoms with Crippen LogP contribution in [0.3, 0.4) is 0 Å². The largest absolute Gasteiger partial charge is 0.489 e. The second-order valence-electron chi connectivity index (χ2n) is 5.69. The number of para-hydroxylation sites is 2. The van der Waals surface area contributed by atoms with Crippen LogP contribution in [0.4, 0.5) is 0 Å². The smallest absolute Gasteiger partial charge is 0.138 e. The van der Waals surface area contributed by atoms with Crippen molar-refractivity contribution < 1.29 is 4.74 Å². The van der Waals surface area contributed by atoms with Gasteiger partial charge in [-0.25, -0.2) is 4.98 Å². The molecule has 1 N–H and O–H groups in total.